The van der Waals surface area contributed by atoms with Crippen LogP contribution < -0.4 is 0 Å². The summed E-state index contributed by atoms with van der Waals surface area (Å²) in [5.41, 5.74) is 1.68. The molecule has 8 heteroatoms. The van der Waals surface area contributed by atoms with Gasteiger partial charge in [-0.3, -0.25) is 4.79 Å². The molecule has 3 heterocycles. The van der Waals surface area contributed by atoms with Crippen LogP contribution in [0.5, 0.6) is 0 Å². The van der Waals surface area contributed by atoms with Crippen LogP contribution >= 0.6 is 22.9 Å². The molecule has 0 aliphatic carbocycles. The zero-order valence-electron chi connectivity index (χ0n) is 14.0. The number of benzene rings is 1. The van der Waals surface area contributed by atoms with Gasteiger partial charge in [0.2, 0.25) is 0 Å². The van der Waals surface area contributed by atoms with Crippen molar-refractivity contribution < 1.29 is 14.7 Å². The van der Waals surface area contributed by atoms with E-state index in [1.807, 2.05) is 25.1 Å². The van der Waals surface area contributed by atoms with Crippen LogP contribution in [-0.2, 0) is 4.79 Å². The van der Waals surface area contributed by atoms with Gasteiger partial charge in [-0.05, 0) is 50.1 Å². The van der Waals surface area contributed by atoms with E-state index in [2.05, 4.69) is 5.10 Å². The average Bonchev–Trinajstić information content (AvgIpc) is 3.31. The zero-order chi connectivity index (χ0) is 18.4. The molecule has 26 heavy (non-hydrogen) atoms. The first-order valence-corrected chi connectivity index (χ1v) is 9.44. The summed E-state index contributed by atoms with van der Waals surface area (Å²) >= 11 is 7.29. The molecule has 1 aliphatic heterocycles. The van der Waals surface area contributed by atoms with Crippen molar-refractivity contribution in [2.45, 2.75) is 25.8 Å². The van der Waals surface area contributed by atoms with Crippen LogP contribution in [0, 0.1) is 6.92 Å². The van der Waals surface area contributed by atoms with Gasteiger partial charge in [-0.15, -0.1) is 11.3 Å². The van der Waals surface area contributed by atoms with E-state index in [9.17, 15) is 14.7 Å². The van der Waals surface area contributed by atoms with Crippen LogP contribution in [0.2, 0.25) is 5.02 Å². The summed E-state index contributed by atoms with van der Waals surface area (Å²) in [5, 5.41) is 15.4. The van der Waals surface area contributed by atoms with E-state index in [4.69, 9.17) is 11.6 Å². The molecule has 3 aromatic rings. The fourth-order valence-corrected chi connectivity index (χ4v) is 4.58. The molecule has 0 radical (unpaired) electrons. The summed E-state index contributed by atoms with van der Waals surface area (Å²) in [5.74, 6) is -1.17. The first kappa shape index (κ1) is 17.1. The Morgan fingerprint density at radius 1 is 1.31 bits per heavy atom. The van der Waals surface area contributed by atoms with Crippen molar-refractivity contribution in [2.75, 3.05) is 6.54 Å². The number of nitrogens with zero attached hydrogens (tertiary/aromatic N) is 3. The molecule has 1 aromatic carbocycles. The highest BCUT2D eigenvalue weighted by molar-refractivity contribution is 7.20. The van der Waals surface area contributed by atoms with Crippen LogP contribution in [0.15, 0.2) is 30.3 Å². The molecule has 0 saturated carbocycles. The average molecular weight is 390 g/mol. The lowest BCUT2D eigenvalue weighted by Crippen LogP contribution is -2.40. The van der Waals surface area contributed by atoms with Gasteiger partial charge in [0.15, 0.2) is 0 Å². The van der Waals surface area contributed by atoms with E-state index >= 15 is 0 Å². The van der Waals surface area contributed by atoms with Crippen LogP contribution in [-0.4, -0.2) is 44.3 Å². The Morgan fingerprint density at radius 2 is 2.04 bits per heavy atom. The Labute approximate surface area is 158 Å². The van der Waals surface area contributed by atoms with E-state index in [0.717, 1.165) is 21.6 Å². The van der Waals surface area contributed by atoms with Gasteiger partial charge >= 0.3 is 5.97 Å². The Morgan fingerprint density at radius 3 is 2.73 bits per heavy atom. The molecule has 0 bridgehead atoms. The number of carboxylic acid groups (broad SMARTS) is 1. The number of aliphatic carboxylic acids is 1. The number of likely N-dealkylation sites (tertiary alicyclic amines) is 1. The van der Waals surface area contributed by atoms with Gasteiger partial charge in [0.1, 0.15) is 10.9 Å². The molecule has 1 N–H and O–H groups in total. The Kier molecular flexibility index (Phi) is 4.20. The number of hydrogen-bond acceptors (Lipinski definition) is 4. The second kappa shape index (κ2) is 6.41. The number of rotatable bonds is 3. The molecular weight excluding hydrogens is 374 g/mol. The van der Waals surface area contributed by atoms with Crippen LogP contribution in [0.1, 0.15) is 28.2 Å². The largest absolute Gasteiger partial charge is 0.480 e. The normalized spacial score (nSPS) is 17.2. The highest BCUT2D eigenvalue weighted by Crippen LogP contribution is 2.32. The summed E-state index contributed by atoms with van der Waals surface area (Å²) in [6.45, 7) is 2.37. The molecule has 1 saturated heterocycles. The zero-order valence-corrected chi connectivity index (χ0v) is 15.5. The van der Waals surface area contributed by atoms with E-state index in [1.54, 1.807) is 16.8 Å². The molecule has 134 valence electrons. The first-order valence-electron chi connectivity index (χ1n) is 8.24. The number of aryl methyl sites for hydroxylation is 1. The number of hydrogen-bond donors (Lipinski definition) is 1. The number of halogens is 1. The minimum atomic E-state index is -0.944. The molecule has 1 atom stereocenters. The summed E-state index contributed by atoms with van der Waals surface area (Å²) in [6.07, 6.45) is 1.22. The van der Waals surface area contributed by atoms with Gasteiger partial charge < -0.3 is 10.0 Å². The molecular formula is C18H16ClN3O3S. The molecule has 4 rings (SSSR count). The Bertz CT molecular complexity index is 1010. The van der Waals surface area contributed by atoms with E-state index in [1.165, 1.54) is 16.2 Å². The second-order valence-corrected chi connectivity index (χ2v) is 7.77. The summed E-state index contributed by atoms with van der Waals surface area (Å²) in [4.78, 5) is 27.1. The third-order valence-electron chi connectivity index (χ3n) is 4.63. The smallest absolute Gasteiger partial charge is 0.326 e. The monoisotopic (exact) mass is 389 g/mol. The minimum Gasteiger partial charge on any atom is -0.480 e. The predicted octanol–water partition coefficient (Wildman–Crippen LogP) is 3.74. The first-order chi connectivity index (χ1) is 12.5. The standard InChI is InChI=1S/C18H16ClN3O3S/c1-10-13-9-15(16(23)21-8-2-3-14(21)18(24)25)26-17(13)22(20-10)12-6-4-11(19)5-7-12/h4-7,9,14H,2-3,8H2,1H3,(H,24,25). The lowest BCUT2D eigenvalue weighted by atomic mass is 10.2. The third-order valence-corrected chi connectivity index (χ3v) is 5.98. The number of carbonyl (C=O) groups excluding carboxylic acids is 1. The summed E-state index contributed by atoms with van der Waals surface area (Å²) in [7, 11) is 0. The van der Waals surface area contributed by atoms with Crippen molar-refractivity contribution in [3.05, 3.63) is 45.9 Å². The quantitative estimate of drug-likeness (QED) is 0.740. The van der Waals surface area contributed by atoms with Gasteiger partial charge in [0.05, 0.1) is 16.3 Å². The lowest BCUT2D eigenvalue weighted by Gasteiger charge is -2.20. The summed E-state index contributed by atoms with van der Waals surface area (Å²) in [6, 6.07) is 8.41. The maximum atomic E-state index is 12.9. The van der Waals surface area contributed by atoms with E-state index in [0.29, 0.717) is 29.3 Å². The predicted molar refractivity (Wildman–Crippen MR) is 100 cm³/mol. The lowest BCUT2D eigenvalue weighted by molar-refractivity contribution is -0.141. The van der Waals surface area contributed by atoms with E-state index < -0.39 is 12.0 Å². The van der Waals surface area contributed by atoms with Crippen molar-refractivity contribution in [3.8, 4) is 5.69 Å². The van der Waals surface area contributed by atoms with Gasteiger partial charge in [-0.25, -0.2) is 9.48 Å². The molecule has 1 amide bonds. The van der Waals surface area contributed by atoms with Gasteiger partial charge in [-0.2, -0.15) is 5.10 Å². The molecule has 1 unspecified atom stereocenters. The number of fused-ring (bicyclic) bond motifs is 1. The Hall–Kier alpha value is -2.38. The number of amides is 1. The van der Waals surface area contributed by atoms with E-state index in [-0.39, 0.29) is 5.91 Å². The van der Waals surface area contributed by atoms with Crippen LogP contribution in [0.25, 0.3) is 15.9 Å². The minimum absolute atomic E-state index is 0.224. The van der Waals surface area contributed by atoms with Crippen molar-refractivity contribution in [1.82, 2.24) is 14.7 Å². The van der Waals surface area contributed by atoms with Crippen molar-refractivity contribution in [2.24, 2.45) is 0 Å². The number of aromatic nitrogens is 2. The molecule has 6 nitrogen and oxygen atoms in total. The molecule has 1 fully saturated rings. The van der Waals surface area contributed by atoms with Crippen molar-refractivity contribution in [1.29, 1.82) is 0 Å². The van der Waals surface area contributed by atoms with Crippen LogP contribution in [0.3, 0.4) is 0 Å². The maximum Gasteiger partial charge on any atom is 0.326 e. The Balaban J connectivity index is 1.74. The molecule has 1 aliphatic rings. The fourth-order valence-electron chi connectivity index (χ4n) is 3.32. The van der Waals surface area contributed by atoms with Gasteiger partial charge in [0.25, 0.3) is 5.91 Å². The highest BCUT2D eigenvalue weighted by Gasteiger charge is 2.35. The number of carboxylic acids is 1. The number of thiophene rings is 1. The maximum absolute atomic E-state index is 12.9. The fraction of sp³-hybridized carbons (Fsp3) is 0.278. The van der Waals surface area contributed by atoms with Crippen molar-refractivity contribution >= 4 is 45.0 Å². The topological polar surface area (TPSA) is 75.4 Å². The molecule has 0 spiro atoms. The molecule has 2 aromatic heterocycles. The highest BCUT2D eigenvalue weighted by atomic mass is 35.5. The second-order valence-electron chi connectivity index (χ2n) is 6.30. The summed E-state index contributed by atoms with van der Waals surface area (Å²) < 4.78 is 1.79. The van der Waals surface area contributed by atoms with Gasteiger partial charge in [-0.1, -0.05) is 11.6 Å². The third kappa shape index (κ3) is 2.77. The number of carbonyl (C=O) groups is 2. The van der Waals surface area contributed by atoms with Crippen molar-refractivity contribution in [3.63, 3.8) is 0 Å². The van der Waals surface area contributed by atoms with Gasteiger partial charge in [0, 0.05) is 17.0 Å². The SMILES string of the molecule is Cc1nn(-c2ccc(Cl)cc2)c2sc(C(=O)N3CCCC3C(=O)O)cc12. The van der Waals surface area contributed by atoms with Crippen LogP contribution in [0.4, 0.5) is 0 Å².